The van der Waals surface area contributed by atoms with Crippen LogP contribution in [0.5, 0.6) is 0 Å². The average molecular weight is 326 g/mol. The molecule has 1 fully saturated rings. The van der Waals surface area contributed by atoms with Crippen molar-refractivity contribution >= 4 is 23.2 Å². The summed E-state index contributed by atoms with van der Waals surface area (Å²) in [4.78, 5) is 26.3. The van der Waals surface area contributed by atoms with Crippen LogP contribution in [-0.4, -0.2) is 18.9 Å². The molecule has 2 atom stereocenters. The summed E-state index contributed by atoms with van der Waals surface area (Å²) in [6.45, 7) is 2.00. The molecule has 1 saturated carbocycles. The molecule has 0 unspecified atom stereocenters. The largest absolute Gasteiger partial charge is 0.325 e. The average Bonchev–Trinajstić information content (AvgIpc) is 3.33. The molecule has 3 rings (SSSR count). The number of nitrogens with zero attached hydrogens (tertiary/aromatic N) is 1. The number of benzene rings is 2. The Labute approximate surface area is 140 Å². The van der Waals surface area contributed by atoms with E-state index in [0.717, 1.165) is 12.5 Å². The Morgan fingerprint density at radius 2 is 1.83 bits per heavy atom. The predicted octanol–water partition coefficient (Wildman–Crippen LogP) is 3.70. The van der Waals surface area contributed by atoms with E-state index in [1.165, 1.54) is 17.0 Å². The summed E-state index contributed by atoms with van der Waals surface area (Å²) >= 11 is 0. The van der Waals surface area contributed by atoms with Crippen molar-refractivity contribution in [3.05, 3.63) is 59.9 Å². The molecule has 2 aromatic rings. The second-order valence-electron chi connectivity index (χ2n) is 6.20. The summed E-state index contributed by atoms with van der Waals surface area (Å²) < 4.78 is 13.7. The Kier molecular flexibility index (Phi) is 4.34. The lowest BCUT2D eigenvalue weighted by atomic mass is 10.1. The number of rotatable bonds is 4. The van der Waals surface area contributed by atoms with Crippen molar-refractivity contribution in [2.75, 3.05) is 17.3 Å². The van der Waals surface area contributed by atoms with Crippen LogP contribution in [0, 0.1) is 17.7 Å². The molecule has 0 heterocycles. The lowest BCUT2D eigenvalue weighted by molar-refractivity contribution is -0.117. The summed E-state index contributed by atoms with van der Waals surface area (Å²) in [7, 11) is 1.62. The molecule has 1 aliphatic carbocycles. The molecule has 1 aliphatic rings. The number of halogens is 1. The van der Waals surface area contributed by atoms with Crippen LogP contribution in [0.25, 0.3) is 0 Å². The van der Waals surface area contributed by atoms with Gasteiger partial charge in [-0.3, -0.25) is 9.59 Å². The van der Waals surface area contributed by atoms with Gasteiger partial charge in [0.1, 0.15) is 5.82 Å². The van der Waals surface area contributed by atoms with E-state index in [1.807, 2.05) is 25.1 Å². The van der Waals surface area contributed by atoms with Crippen LogP contribution in [0.4, 0.5) is 15.8 Å². The van der Waals surface area contributed by atoms with Crippen molar-refractivity contribution in [1.29, 1.82) is 0 Å². The van der Waals surface area contributed by atoms with E-state index in [2.05, 4.69) is 5.32 Å². The van der Waals surface area contributed by atoms with E-state index in [0.29, 0.717) is 17.3 Å². The molecular formula is C19H19FN2O2. The summed E-state index contributed by atoms with van der Waals surface area (Å²) in [6, 6.07) is 12.9. The smallest absolute Gasteiger partial charge is 0.260 e. The Hall–Kier alpha value is -2.69. The third-order valence-corrected chi connectivity index (χ3v) is 4.36. The van der Waals surface area contributed by atoms with E-state index < -0.39 is 5.82 Å². The normalized spacial score (nSPS) is 18.8. The molecule has 2 aromatic carbocycles. The van der Waals surface area contributed by atoms with Crippen molar-refractivity contribution < 1.29 is 14.0 Å². The van der Waals surface area contributed by atoms with Gasteiger partial charge in [-0.25, -0.2) is 4.39 Å². The number of carbonyl (C=O) groups excluding carboxylic acids is 2. The van der Waals surface area contributed by atoms with Crippen molar-refractivity contribution in [3.63, 3.8) is 0 Å². The highest BCUT2D eigenvalue weighted by atomic mass is 19.1. The highest BCUT2D eigenvalue weighted by molar-refractivity contribution is 6.11. The van der Waals surface area contributed by atoms with Crippen LogP contribution in [-0.2, 0) is 4.79 Å². The Bertz CT molecular complexity index is 776. The maximum atomic E-state index is 13.7. The fraction of sp³-hybridized carbons (Fsp3) is 0.263. The topological polar surface area (TPSA) is 49.4 Å². The maximum Gasteiger partial charge on any atom is 0.260 e. The third kappa shape index (κ3) is 3.30. The van der Waals surface area contributed by atoms with E-state index in [1.54, 1.807) is 19.2 Å². The monoisotopic (exact) mass is 326 g/mol. The Balaban J connectivity index is 1.87. The van der Waals surface area contributed by atoms with Crippen molar-refractivity contribution in [2.24, 2.45) is 11.8 Å². The molecule has 1 N–H and O–H groups in total. The summed E-state index contributed by atoms with van der Waals surface area (Å²) in [5.41, 5.74) is 1.18. The van der Waals surface area contributed by atoms with Crippen molar-refractivity contribution in [3.8, 4) is 0 Å². The van der Waals surface area contributed by atoms with Crippen molar-refractivity contribution in [2.45, 2.75) is 13.3 Å². The molecular weight excluding hydrogens is 307 g/mol. The number of para-hydroxylation sites is 1. The lowest BCUT2D eigenvalue weighted by Gasteiger charge is -2.19. The van der Waals surface area contributed by atoms with Gasteiger partial charge in [-0.2, -0.15) is 0 Å². The molecule has 0 radical (unpaired) electrons. The first kappa shape index (κ1) is 16.2. The summed E-state index contributed by atoms with van der Waals surface area (Å²) in [5, 5.41) is 2.76. The minimum atomic E-state index is -0.516. The number of amides is 2. The maximum absolute atomic E-state index is 13.7. The zero-order chi connectivity index (χ0) is 17.3. The van der Waals surface area contributed by atoms with Gasteiger partial charge in [0.2, 0.25) is 5.91 Å². The molecule has 0 saturated heterocycles. The van der Waals surface area contributed by atoms with Crippen LogP contribution in [0.3, 0.4) is 0 Å². The minimum absolute atomic E-state index is 0.0233. The first-order valence-electron chi connectivity index (χ1n) is 7.91. The van der Waals surface area contributed by atoms with Gasteiger partial charge in [0.15, 0.2) is 0 Å². The molecule has 2 amide bonds. The van der Waals surface area contributed by atoms with Gasteiger partial charge in [-0.15, -0.1) is 0 Å². The molecule has 0 bridgehead atoms. The lowest BCUT2D eigenvalue weighted by Crippen LogP contribution is -2.28. The van der Waals surface area contributed by atoms with E-state index in [-0.39, 0.29) is 23.3 Å². The van der Waals surface area contributed by atoms with Crippen molar-refractivity contribution in [1.82, 2.24) is 0 Å². The number of nitrogens with one attached hydrogen (secondary N) is 1. The van der Waals surface area contributed by atoms with Gasteiger partial charge in [0.05, 0.1) is 11.3 Å². The standard InChI is InChI=1S/C19H19FN2O2/c1-12-10-15(12)18(23)21-17-9-8-13(20)11-16(17)19(24)22(2)14-6-4-3-5-7-14/h3-9,11-12,15H,10H2,1-2H3,(H,21,23)/t12-,15-/m1/s1. The van der Waals surface area contributed by atoms with Crippen LogP contribution >= 0.6 is 0 Å². The van der Waals surface area contributed by atoms with Gasteiger partial charge in [0.25, 0.3) is 5.91 Å². The quantitative estimate of drug-likeness (QED) is 0.931. The zero-order valence-electron chi connectivity index (χ0n) is 13.6. The Morgan fingerprint density at radius 1 is 1.17 bits per heavy atom. The van der Waals surface area contributed by atoms with Gasteiger partial charge < -0.3 is 10.2 Å². The SMILES string of the molecule is C[C@@H]1C[C@H]1C(=O)Nc1ccc(F)cc1C(=O)N(C)c1ccccc1. The number of anilines is 2. The molecule has 0 aliphatic heterocycles. The fourth-order valence-corrected chi connectivity index (χ4v) is 2.66. The van der Waals surface area contributed by atoms with Crippen LogP contribution in [0.15, 0.2) is 48.5 Å². The number of hydrogen-bond acceptors (Lipinski definition) is 2. The second-order valence-corrected chi connectivity index (χ2v) is 6.20. The molecule has 124 valence electrons. The zero-order valence-corrected chi connectivity index (χ0v) is 13.6. The molecule has 0 aromatic heterocycles. The van der Waals surface area contributed by atoms with E-state index in [4.69, 9.17) is 0 Å². The van der Waals surface area contributed by atoms with Gasteiger partial charge >= 0.3 is 0 Å². The predicted molar refractivity (Wildman–Crippen MR) is 91.5 cm³/mol. The van der Waals surface area contributed by atoms with Crippen LogP contribution < -0.4 is 10.2 Å². The first-order chi connectivity index (χ1) is 11.5. The highest BCUT2D eigenvalue weighted by Crippen LogP contribution is 2.38. The Morgan fingerprint density at radius 3 is 2.46 bits per heavy atom. The summed E-state index contributed by atoms with van der Waals surface area (Å²) in [5.74, 6) is -0.676. The minimum Gasteiger partial charge on any atom is -0.325 e. The third-order valence-electron chi connectivity index (χ3n) is 4.36. The fourth-order valence-electron chi connectivity index (χ4n) is 2.66. The number of hydrogen-bond donors (Lipinski definition) is 1. The van der Waals surface area contributed by atoms with Gasteiger partial charge in [-0.05, 0) is 42.7 Å². The summed E-state index contributed by atoms with van der Waals surface area (Å²) in [6.07, 6.45) is 0.847. The molecule has 24 heavy (non-hydrogen) atoms. The molecule has 4 nitrogen and oxygen atoms in total. The van der Waals surface area contributed by atoms with Crippen LogP contribution in [0.1, 0.15) is 23.7 Å². The first-order valence-corrected chi connectivity index (χ1v) is 7.91. The van der Waals surface area contributed by atoms with E-state index >= 15 is 0 Å². The van der Waals surface area contributed by atoms with Crippen LogP contribution in [0.2, 0.25) is 0 Å². The van der Waals surface area contributed by atoms with Gasteiger partial charge in [-0.1, -0.05) is 25.1 Å². The molecule has 0 spiro atoms. The highest BCUT2D eigenvalue weighted by Gasteiger charge is 2.39. The second kappa shape index (κ2) is 6.43. The van der Waals surface area contributed by atoms with Gasteiger partial charge in [0, 0.05) is 18.7 Å². The number of carbonyl (C=O) groups is 2. The van der Waals surface area contributed by atoms with E-state index in [9.17, 15) is 14.0 Å². The molecule has 5 heteroatoms.